The zero-order valence-corrected chi connectivity index (χ0v) is 11.1. The number of likely N-dealkylation sites (N-methyl/N-ethyl adjacent to an activating group) is 1. The van der Waals surface area contributed by atoms with Crippen molar-refractivity contribution in [3.8, 4) is 17.0 Å². The molecule has 1 aromatic carbocycles. The van der Waals surface area contributed by atoms with Gasteiger partial charge in [-0.15, -0.1) is 0 Å². The Balaban J connectivity index is 1.79. The van der Waals surface area contributed by atoms with Gasteiger partial charge in [0.25, 0.3) is 0 Å². The van der Waals surface area contributed by atoms with Crippen LogP contribution in [0.2, 0.25) is 0 Å². The Morgan fingerprint density at radius 3 is 3.21 bits per heavy atom. The number of hydrogen-bond acceptors (Lipinski definition) is 3. The first kappa shape index (κ1) is 11.1. The van der Waals surface area contributed by atoms with E-state index in [1.54, 1.807) is 0 Å². The number of rotatable bonds is 1. The van der Waals surface area contributed by atoms with Gasteiger partial charge in [0.15, 0.2) is 0 Å². The fourth-order valence-corrected chi connectivity index (χ4v) is 3.00. The van der Waals surface area contributed by atoms with Crippen molar-refractivity contribution in [2.75, 3.05) is 20.2 Å². The Labute approximate surface area is 112 Å². The molecule has 0 atom stereocenters. The SMILES string of the molecule is CN1CCc2[nH]nc(-c3ccc4c(c3)CCO4)c2C1. The molecule has 2 aliphatic heterocycles. The van der Waals surface area contributed by atoms with Crippen LogP contribution in [-0.2, 0) is 19.4 Å². The average molecular weight is 255 g/mol. The molecule has 0 saturated heterocycles. The molecule has 0 aliphatic carbocycles. The van der Waals surface area contributed by atoms with Crippen molar-refractivity contribution in [1.82, 2.24) is 15.1 Å². The first-order valence-electron chi connectivity index (χ1n) is 6.82. The summed E-state index contributed by atoms with van der Waals surface area (Å²) in [4.78, 5) is 2.35. The van der Waals surface area contributed by atoms with Crippen LogP contribution in [0.15, 0.2) is 18.2 Å². The van der Waals surface area contributed by atoms with Gasteiger partial charge < -0.3 is 9.64 Å². The van der Waals surface area contributed by atoms with E-state index in [9.17, 15) is 0 Å². The van der Waals surface area contributed by atoms with Crippen LogP contribution >= 0.6 is 0 Å². The van der Waals surface area contributed by atoms with Crippen LogP contribution in [0.5, 0.6) is 5.75 Å². The fraction of sp³-hybridized carbons (Fsp3) is 0.400. The highest BCUT2D eigenvalue weighted by Crippen LogP contribution is 2.33. The summed E-state index contributed by atoms with van der Waals surface area (Å²) < 4.78 is 5.56. The molecule has 0 amide bonds. The van der Waals surface area contributed by atoms with Gasteiger partial charge in [0.2, 0.25) is 0 Å². The summed E-state index contributed by atoms with van der Waals surface area (Å²) in [5.74, 6) is 1.03. The van der Waals surface area contributed by atoms with Crippen molar-refractivity contribution in [3.63, 3.8) is 0 Å². The quantitative estimate of drug-likeness (QED) is 0.847. The van der Waals surface area contributed by atoms with Crippen molar-refractivity contribution in [2.24, 2.45) is 0 Å². The molecule has 2 aromatic rings. The van der Waals surface area contributed by atoms with Gasteiger partial charge in [-0.25, -0.2) is 0 Å². The highest BCUT2D eigenvalue weighted by atomic mass is 16.5. The van der Waals surface area contributed by atoms with E-state index in [0.29, 0.717) is 0 Å². The summed E-state index contributed by atoms with van der Waals surface area (Å²) in [7, 11) is 2.16. The maximum atomic E-state index is 5.56. The topological polar surface area (TPSA) is 41.2 Å². The van der Waals surface area contributed by atoms with Crippen LogP contribution < -0.4 is 4.74 Å². The third-order valence-electron chi connectivity index (χ3n) is 4.09. The molecule has 0 unspecified atom stereocenters. The van der Waals surface area contributed by atoms with Crippen molar-refractivity contribution in [3.05, 3.63) is 35.0 Å². The van der Waals surface area contributed by atoms with Crippen LogP contribution in [0.4, 0.5) is 0 Å². The monoisotopic (exact) mass is 255 g/mol. The number of nitrogens with zero attached hydrogens (tertiary/aromatic N) is 2. The second-order valence-electron chi connectivity index (χ2n) is 5.44. The summed E-state index contributed by atoms with van der Waals surface area (Å²) in [6.45, 7) is 2.89. The molecule has 4 rings (SSSR count). The normalized spacial score (nSPS) is 17.9. The fourth-order valence-electron chi connectivity index (χ4n) is 3.00. The lowest BCUT2D eigenvalue weighted by molar-refractivity contribution is 0.312. The molecule has 0 radical (unpaired) electrons. The summed E-state index contributed by atoms with van der Waals surface area (Å²) in [5.41, 5.74) is 6.27. The molecule has 0 bridgehead atoms. The van der Waals surface area contributed by atoms with Crippen molar-refractivity contribution < 1.29 is 4.74 Å². The van der Waals surface area contributed by atoms with E-state index < -0.39 is 0 Å². The lowest BCUT2D eigenvalue weighted by Gasteiger charge is -2.22. The predicted octanol–water partition coefficient (Wildman–Crippen LogP) is 2.00. The van der Waals surface area contributed by atoms with Gasteiger partial charge in [-0.1, -0.05) is 0 Å². The summed E-state index contributed by atoms with van der Waals surface area (Å²) >= 11 is 0. The van der Waals surface area contributed by atoms with Gasteiger partial charge in [0.05, 0.1) is 12.3 Å². The summed E-state index contributed by atoms with van der Waals surface area (Å²) in [6, 6.07) is 6.42. The van der Waals surface area contributed by atoms with Gasteiger partial charge in [-0.2, -0.15) is 5.10 Å². The molecule has 98 valence electrons. The molecule has 4 nitrogen and oxygen atoms in total. The third kappa shape index (κ3) is 1.75. The Morgan fingerprint density at radius 2 is 2.26 bits per heavy atom. The van der Waals surface area contributed by atoms with Crippen molar-refractivity contribution >= 4 is 0 Å². The minimum Gasteiger partial charge on any atom is -0.493 e. The van der Waals surface area contributed by atoms with Gasteiger partial charge >= 0.3 is 0 Å². The number of aromatic amines is 1. The molecule has 2 aliphatic rings. The maximum Gasteiger partial charge on any atom is 0.122 e. The highest BCUT2D eigenvalue weighted by Gasteiger charge is 2.22. The zero-order chi connectivity index (χ0) is 12.8. The zero-order valence-electron chi connectivity index (χ0n) is 11.1. The lowest BCUT2D eigenvalue weighted by Crippen LogP contribution is -2.26. The molecule has 1 aromatic heterocycles. The molecule has 0 saturated carbocycles. The standard InChI is InChI=1S/C15H17N3O/c1-18-6-4-13-12(9-18)15(17-16-13)11-2-3-14-10(8-11)5-7-19-14/h2-3,8H,4-7,9H2,1H3,(H,16,17). The molecule has 3 heterocycles. The van der Waals surface area contributed by atoms with E-state index in [-0.39, 0.29) is 0 Å². The van der Waals surface area contributed by atoms with Gasteiger partial charge in [0.1, 0.15) is 5.75 Å². The van der Waals surface area contributed by atoms with E-state index >= 15 is 0 Å². The number of aromatic nitrogens is 2. The number of ether oxygens (including phenoxy) is 1. The Hall–Kier alpha value is -1.81. The number of fused-ring (bicyclic) bond motifs is 2. The highest BCUT2D eigenvalue weighted by molar-refractivity contribution is 5.66. The molecule has 19 heavy (non-hydrogen) atoms. The maximum absolute atomic E-state index is 5.56. The van der Waals surface area contributed by atoms with Gasteiger partial charge in [-0.05, 0) is 30.8 Å². The average Bonchev–Trinajstić information content (AvgIpc) is 3.03. The molecule has 1 N–H and O–H groups in total. The lowest BCUT2D eigenvalue weighted by atomic mass is 9.99. The van der Waals surface area contributed by atoms with Gasteiger partial charge in [-0.3, -0.25) is 5.10 Å². The van der Waals surface area contributed by atoms with Gasteiger partial charge in [0, 0.05) is 42.8 Å². The second-order valence-corrected chi connectivity index (χ2v) is 5.44. The second kappa shape index (κ2) is 4.10. The molecular weight excluding hydrogens is 238 g/mol. The smallest absolute Gasteiger partial charge is 0.122 e. The van der Waals surface area contributed by atoms with E-state index in [0.717, 1.165) is 44.0 Å². The van der Waals surface area contributed by atoms with Crippen LogP contribution in [-0.4, -0.2) is 35.3 Å². The van der Waals surface area contributed by atoms with Crippen molar-refractivity contribution in [1.29, 1.82) is 0 Å². The molecular formula is C15H17N3O. The van der Waals surface area contributed by atoms with Crippen LogP contribution in [0.1, 0.15) is 16.8 Å². The summed E-state index contributed by atoms with van der Waals surface area (Å²) in [6.07, 6.45) is 2.07. The third-order valence-corrected chi connectivity index (χ3v) is 4.09. The minimum atomic E-state index is 0.806. The Kier molecular flexibility index (Phi) is 2.38. The number of hydrogen-bond donors (Lipinski definition) is 1. The number of nitrogens with one attached hydrogen (secondary N) is 1. The van der Waals surface area contributed by atoms with Crippen LogP contribution in [0.25, 0.3) is 11.3 Å². The number of H-pyrrole nitrogens is 1. The predicted molar refractivity (Wildman–Crippen MR) is 73.3 cm³/mol. The van der Waals surface area contributed by atoms with E-state index in [2.05, 4.69) is 40.3 Å². The Bertz CT molecular complexity index is 632. The summed E-state index contributed by atoms with van der Waals surface area (Å²) in [5, 5.41) is 7.74. The number of benzene rings is 1. The molecule has 0 fully saturated rings. The largest absolute Gasteiger partial charge is 0.493 e. The Morgan fingerprint density at radius 1 is 1.32 bits per heavy atom. The van der Waals surface area contributed by atoms with Crippen molar-refractivity contribution in [2.45, 2.75) is 19.4 Å². The molecule has 0 spiro atoms. The first-order chi connectivity index (χ1) is 9.31. The van der Waals surface area contributed by atoms with Crippen LogP contribution in [0.3, 0.4) is 0 Å². The molecule has 4 heteroatoms. The van der Waals surface area contributed by atoms with E-state index in [1.807, 2.05) is 0 Å². The first-order valence-corrected chi connectivity index (χ1v) is 6.82. The van der Waals surface area contributed by atoms with Crippen LogP contribution in [0, 0.1) is 0 Å². The van der Waals surface area contributed by atoms with E-state index in [1.165, 1.54) is 22.4 Å². The minimum absolute atomic E-state index is 0.806. The van der Waals surface area contributed by atoms with E-state index in [4.69, 9.17) is 4.74 Å².